The number of hydrogen-bond donors (Lipinski definition) is 5. The Labute approximate surface area is 217 Å². The van der Waals surface area contributed by atoms with Gasteiger partial charge in [-0.05, 0) is 30.5 Å². The van der Waals surface area contributed by atoms with Gasteiger partial charge in [0, 0.05) is 32.2 Å². The Hall–Kier alpha value is -3.67. The van der Waals surface area contributed by atoms with Gasteiger partial charge < -0.3 is 42.2 Å². The van der Waals surface area contributed by atoms with Crippen molar-refractivity contribution in [3.05, 3.63) is 54.1 Å². The topological polar surface area (TPSA) is 175 Å². The third-order valence-electron chi connectivity index (χ3n) is 5.74. The van der Waals surface area contributed by atoms with E-state index in [-0.39, 0.29) is 25.4 Å². The van der Waals surface area contributed by atoms with Crippen LogP contribution in [0.3, 0.4) is 0 Å². The first-order chi connectivity index (χ1) is 17.8. The van der Waals surface area contributed by atoms with Crippen LogP contribution in [0.2, 0.25) is 0 Å². The highest BCUT2D eigenvalue weighted by molar-refractivity contribution is 5.99. The Morgan fingerprint density at radius 1 is 0.946 bits per heavy atom. The van der Waals surface area contributed by atoms with Crippen molar-refractivity contribution >= 4 is 23.4 Å². The van der Waals surface area contributed by atoms with Gasteiger partial charge in [-0.1, -0.05) is 30.3 Å². The Balaban J connectivity index is 2.16. The van der Waals surface area contributed by atoms with Crippen LogP contribution in [0.5, 0.6) is 11.5 Å². The van der Waals surface area contributed by atoms with Crippen LogP contribution in [0.4, 0.5) is 5.69 Å². The molecular weight excluding hydrogens is 476 g/mol. The Morgan fingerprint density at radius 2 is 1.62 bits per heavy atom. The number of nitrogens with two attached hydrogens (primary N) is 3. The second-order valence-corrected chi connectivity index (χ2v) is 8.41. The molecule has 0 bridgehead atoms. The first-order valence-electron chi connectivity index (χ1n) is 12.1. The molecule has 2 aromatic carbocycles. The highest BCUT2D eigenvalue weighted by atomic mass is 16.5. The summed E-state index contributed by atoms with van der Waals surface area (Å²) >= 11 is 0. The second kappa shape index (κ2) is 15.4. The van der Waals surface area contributed by atoms with Gasteiger partial charge in [-0.15, -0.1) is 0 Å². The van der Waals surface area contributed by atoms with Gasteiger partial charge in [0.05, 0.1) is 32.4 Å². The molecule has 0 aliphatic heterocycles. The summed E-state index contributed by atoms with van der Waals surface area (Å²) < 4.78 is 10.6. The monoisotopic (exact) mass is 514 g/mol. The number of benzene rings is 2. The fourth-order valence-electron chi connectivity index (χ4n) is 3.72. The zero-order chi connectivity index (χ0) is 27.2. The Kier molecular flexibility index (Phi) is 12.3. The van der Waals surface area contributed by atoms with E-state index in [2.05, 4.69) is 10.6 Å². The van der Waals surface area contributed by atoms with Crippen LogP contribution in [-0.4, -0.2) is 75.1 Å². The average Bonchev–Trinajstić information content (AvgIpc) is 2.91. The molecule has 0 fully saturated rings. The van der Waals surface area contributed by atoms with Gasteiger partial charge in [0.25, 0.3) is 0 Å². The van der Waals surface area contributed by atoms with Gasteiger partial charge in [0.2, 0.25) is 17.7 Å². The number of methoxy groups -OCH3 is 2. The molecule has 2 rings (SSSR count). The fraction of sp³-hybridized carbons (Fsp3) is 0.423. The van der Waals surface area contributed by atoms with E-state index in [9.17, 15) is 14.4 Å². The number of ether oxygens (including phenoxy) is 2. The lowest BCUT2D eigenvalue weighted by Crippen LogP contribution is -2.52. The third kappa shape index (κ3) is 9.37. The molecule has 0 radical (unpaired) electrons. The molecule has 0 spiro atoms. The Bertz CT molecular complexity index is 1010. The molecule has 0 unspecified atom stereocenters. The number of aryl methyl sites for hydroxylation is 1. The highest BCUT2D eigenvalue weighted by Crippen LogP contribution is 2.29. The summed E-state index contributed by atoms with van der Waals surface area (Å²) in [7, 11) is 3.00. The van der Waals surface area contributed by atoms with Crippen molar-refractivity contribution < 1.29 is 23.9 Å². The Morgan fingerprint density at radius 3 is 2.22 bits per heavy atom. The second-order valence-electron chi connectivity index (χ2n) is 8.41. The van der Waals surface area contributed by atoms with Crippen molar-refractivity contribution in [1.29, 1.82) is 0 Å². The summed E-state index contributed by atoms with van der Waals surface area (Å²) in [6.45, 7) is 1.16. The molecule has 37 heavy (non-hydrogen) atoms. The summed E-state index contributed by atoms with van der Waals surface area (Å²) in [5, 5.41) is 5.52. The number of carbonyl (C=O) groups excluding carboxylic acids is 3. The molecule has 11 nitrogen and oxygen atoms in total. The maximum atomic E-state index is 13.3. The molecule has 8 N–H and O–H groups in total. The van der Waals surface area contributed by atoms with E-state index in [1.165, 1.54) is 19.1 Å². The molecule has 0 saturated heterocycles. The normalized spacial score (nSPS) is 12.2. The molecular formula is C26H38N6O5. The molecule has 0 aromatic heterocycles. The molecule has 0 aliphatic carbocycles. The summed E-state index contributed by atoms with van der Waals surface area (Å²) in [6.07, 6.45) is 0.604. The molecule has 3 amide bonds. The quantitative estimate of drug-likeness (QED) is 0.224. The molecule has 11 heteroatoms. The van der Waals surface area contributed by atoms with Gasteiger partial charge in [-0.2, -0.15) is 0 Å². The highest BCUT2D eigenvalue weighted by Gasteiger charge is 2.27. The van der Waals surface area contributed by atoms with E-state index >= 15 is 0 Å². The lowest BCUT2D eigenvalue weighted by molar-refractivity contribution is -0.134. The molecule has 2 aromatic rings. The maximum absolute atomic E-state index is 13.3. The number of nitrogens with zero attached hydrogens (tertiary/aromatic N) is 1. The smallest absolute Gasteiger partial charge is 0.247 e. The van der Waals surface area contributed by atoms with Gasteiger partial charge in [0.1, 0.15) is 17.5 Å². The van der Waals surface area contributed by atoms with Gasteiger partial charge in [0.15, 0.2) is 0 Å². The first kappa shape index (κ1) is 29.6. The van der Waals surface area contributed by atoms with Crippen molar-refractivity contribution in [1.82, 2.24) is 10.2 Å². The van der Waals surface area contributed by atoms with Crippen molar-refractivity contribution in [2.24, 2.45) is 17.2 Å². The minimum absolute atomic E-state index is 0.234. The van der Waals surface area contributed by atoms with Gasteiger partial charge >= 0.3 is 0 Å². The standard InChI is InChI=1S/C26H38N6O5/c1-36-19-9-11-23(37-2)22(16-19)31-26(35)21(10-8-18-6-4-3-5-7-18)30-25(34)20(29)17-24(33)32(14-12-27)15-13-28/h3-7,9,11,16,20-21H,8,10,12-15,17,27-29H2,1-2H3,(H,30,34)(H,31,35)/t20-,21-/m0/s1. The zero-order valence-electron chi connectivity index (χ0n) is 21.4. The minimum Gasteiger partial charge on any atom is -0.497 e. The number of rotatable bonds is 15. The molecule has 0 heterocycles. The lowest BCUT2D eigenvalue weighted by Gasteiger charge is -2.24. The van der Waals surface area contributed by atoms with Crippen LogP contribution in [0.1, 0.15) is 18.4 Å². The molecule has 2 atom stereocenters. The summed E-state index contributed by atoms with van der Waals surface area (Å²) in [5.74, 6) is -0.433. The molecule has 202 valence electrons. The number of carbonyl (C=O) groups is 3. The van der Waals surface area contributed by atoms with Crippen LogP contribution in [0.15, 0.2) is 48.5 Å². The van der Waals surface area contributed by atoms with Crippen LogP contribution in [0, 0.1) is 0 Å². The first-order valence-corrected chi connectivity index (χ1v) is 12.1. The third-order valence-corrected chi connectivity index (χ3v) is 5.74. The average molecular weight is 515 g/mol. The number of nitrogens with one attached hydrogen (secondary N) is 2. The van der Waals surface area contributed by atoms with Crippen molar-refractivity contribution in [3.8, 4) is 11.5 Å². The maximum Gasteiger partial charge on any atom is 0.247 e. The van der Waals surface area contributed by atoms with E-state index in [1.807, 2.05) is 30.3 Å². The number of amides is 3. The van der Waals surface area contributed by atoms with Crippen LogP contribution < -0.4 is 37.3 Å². The van der Waals surface area contributed by atoms with Crippen LogP contribution >= 0.6 is 0 Å². The van der Waals surface area contributed by atoms with Crippen LogP contribution in [-0.2, 0) is 20.8 Å². The molecule has 0 aliphatic rings. The summed E-state index contributed by atoms with van der Waals surface area (Å²) in [6, 6.07) is 12.5. The predicted molar refractivity (Wildman–Crippen MR) is 142 cm³/mol. The minimum atomic E-state index is -1.15. The fourth-order valence-corrected chi connectivity index (χ4v) is 3.72. The van der Waals surface area contributed by atoms with E-state index in [1.54, 1.807) is 18.2 Å². The van der Waals surface area contributed by atoms with Crippen LogP contribution in [0.25, 0.3) is 0 Å². The summed E-state index contributed by atoms with van der Waals surface area (Å²) in [5.41, 5.74) is 18.6. The van der Waals surface area contributed by atoms with Crippen molar-refractivity contribution in [3.63, 3.8) is 0 Å². The van der Waals surface area contributed by atoms with Gasteiger partial charge in [-0.25, -0.2) is 0 Å². The number of anilines is 1. The van der Waals surface area contributed by atoms with Crippen molar-refractivity contribution in [2.75, 3.05) is 45.7 Å². The van der Waals surface area contributed by atoms with Crippen molar-refractivity contribution in [2.45, 2.75) is 31.3 Å². The molecule has 0 saturated carbocycles. The predicted octanol–water partition coefficient (Wildman–Crippen LogP) is 0.223. The SMILES string of the molecule is COc1ccc(OC)c(NC(=O)[C@H](CCc2ccccc2)NC(=O)[C@@H](N)CC(=O)N(CCN)CCN)c1. The van der Waals surface area contributed by atoms with E-state index in [4.69, 9.17) is 26.7 Å². The van der Waals surface area contributed by atoms with E-state index in [0.29, 0.717) is 43.1 Å². The lowest BCUT2D eigenvalue weighted by atomic mass is 10.0. The zero-order valence-corrected chi connectivity index (χ0v) is 21.4. The largest absolute Gasteiger partial charge is 0.497 e. The van der Waals surface area contributed by atoms with E-state index < -0.39 is 23.9 Å². The van der Waals surface area contributed by atoms with E-state index in [0.717, 1.165) is 5.56 Å². The van der Waals surface area contributed by atoms with Gasteiger partial charge in [-0.3, -0.25) is 14.4 Å². The summed E-state index contributed by atoms with van der Waals surface area (Å²) in [4.78, 5) is 40.3. The number of hydrogen-bond acceptors (Lipinski definition) is 8.